The highest BCUT2D eigenvalue weighted by molar-refractivity contribution is 5.76. The maximum Gasteiger partial charge on any atom is 0.411 e. The molecule has 0 saturated carbocycles. The second-order valence-electron chi connectivity index (χ2n) is 7.18. The van der Waals surface area contributed by atoms with Gasteiger partial charge in [0.2, 0.25) is 0 Å². The van der Waals surface area contributed by atoms with Gasteiger partial charge in [-0.2, -0.15) is 0 Å². The van der Waals surface area contributed by atoms with Crippen LogP contribution in [0.4, 0.5) is 9.59 Å². The lowest BCUT2D eigenvalue weighted by molar-refractivity contribution is 0.0210. The van der Waals surface area contributed by atoms with E-state index in [4.69, 9.17) is 4.74 Å². The van der Waals surface area contributed by atoms with Gasteiger partial charge in [0.25, 0.3) is 0 Å². The van der Waals surface area contributed by atoms with Crippen LogP contribution >= 0.6 is 0 Å². The van der Waals surface area contributed by atoms with E-state index in [-0.39, 0.29) is 23.8 Å². The van der Waals surface area contributed by atoms with E-state index in [1.807, 2.05) is 41.5 Å². The third-order valence-electron chi connectivity index (χ3n) is 2.67. The number of ether oxygens (including phenoxy) is 1. The number of amides is 3. The summed E-state index contributed by atoms with van der Waals surface area (Å²) < 4.78 is 5.35. The number of nitrogens with one attached hydrogen (secondary N) is 2. The Hall–Kier alpha value is -1.46. The summed E-state index contributed by atoms with van der Waals surface area (Å²) in [5.74, 6) is 0. The zero-order chi connectivity index (χ0) is 15.6. The van der Waals surface area contributed by atoms with Gasteiger partial charge in [-0.05, 0) is 54.4 Å². The first-order valence-corrected chi connectivity index (χ1v) is 7.06. The summed E-state index contributed by atoms with van der Waals surface area (Å²) in [6.45, 7) is 11.8. The molecule has 0 unspecified atom stereocenters. The minimum absolute atomic E-state index is 0.266. The molecular weight excluding hydrogens is 258 g/mol. The summed E-state index contributed by atoms with van der Waals surface area (Å²) >= 11 is 0. The van der Waals surface area contributed by atoms with Crippen molar-refractivity contribution in [3.63, 3.8) is 0 Å². The third-order valence-corrected chi connectivity index (χ3v) is 2.67. The molecule has 0 aromatic carbocycles. The summed E-state index contributed by atoms with van der Waals surface area (Å²) in [5.41, 5.74) is -0.836. The number of likely N-dealkylation sites (tertiary alicyclic amines) is 1. The second-order valence-corrected chi connectivity index (χ2v) is 7.18. The van der Waals surface area contributed by atoms with Gasteiger partial charge in [0.05, 0.1) is 0 Å². The van der Waals surface area contributed by atoms with Gasteiger partial charge in [0.1, 0.15) is 11.8 Å². The van der Waals surface area contributed by atoms with Crippen LogP contribution in [0.2, 0.25) is 0 Å². The molecule has 20 heavy (non-hydrogen) atoms. The fourth-order valence-electron chi connectivity index (χ4n) is 1.98. The Morgan fingerprint density at radius 2 is 1.75 bits per heavy atom. The molecule has 1 aliphatic rings. The number of hydrogen-bond acceptors (Lipinski definition) is 3. The van der Waals surface area contributed by atoms with Crippen molar-refractivity contribution in [3.8, 4) is 0 Å². The SMILES string of the molecule is CC(C)(C)NC(=O)N[C@@H]1CCCN1C(=O)OC(C)(C)C. The van der Waals surface area contributed by atoms with Crippen molar-refractivity contribution < 1.29 is 14.3 Å². The molecule has 3 amide bonds. The highest BCUT2D eigenvalue weighted by atomic mass is 16.6. The van der Waals surface area contributed by atoms with Crippen LogP contribution in [-0.2, 0) is 4.74 Å². The van der Waals surface area contributed by atoms with Crippen molar-refractivity contribution in [3.05, 3.63) is 0 Å². The molecule has 1 saturated heterocycles. The predicted octanol–water partition coefficient (Wildman–Crippen LogP) is 2.44. The van der Waals surface area contributed by atoms with Crippen molar-refractivity contribution in [2.45, 2.75) is 71.7 Å². The largest absolute Gasteiger partial charge is 0.444 e. The standard InChI is InChI=1S/C14H27N3O3/c1-13(2,3)16-11(18)15-10-8-7-9-17(10)12(19)20-14(4,5)6/h10H,7-9H2,1-6H3,(H2,15,16,18)/t10-/m0/s1. The molecule has 116 valence electrons. The molecule has 1 heterocycles. The molecule has 0 radical (unpaired) electrons. The Balaban J connectivity index is 2.57. The van der Waals surface area contributed by atoms with Crippen LogP contribution in [0, 0.1) is 0 Å². The minimum atomic E-state index is -0.530. The number of carbonyl (C=O) groups excluding carboxylic acids is 2. The normalized spacial score (nSPS) is 19.7. The van der Waals surface area contributed by atoms with E-state index >= 15 is 0 Å². The first-order chi connectivity index (χ1) is 8.98. The van der Waals surface area contributed by atoms with Crippen LogP contribution in [0.25, 0.3) is 0 Å². The van der Waals surface area contributed by atoms with Crippen LogP contribution in [-0.4, -0.2) is 40.9 Å². The summed E-state index contributed by atoms with van der Waals surface area (Å²) in [6, 6.07) is -0.266. The van der Waals surface area contributed by atoms with Crippen LogP contribution < -0.4 is 10.6 Å². The molecule has 0 aromatic heterocycles. The Kier molecular flexibility index (Phi) is 4.89. The Morgan fingerprint density at radius 1 is 1.15 bits per heavy atom. The van der Waals surface area contributed by atoms with Crippen LogP contribution in [0.3, 0.4) is 0 Å². The van der Waals surface area contributed by atoms with E-state index in [1.54, 1.807) is 4.90 Å². The summed E-state index contributed by atoms with van der Waals surface area (Å²) in [4.78, 5) is 25.5. The summed E-state index contributed by atoms with van der Waals surface area (Å²) in [6.07, 6.45) is 0.930. The van der Waals surface area contributed by atoms with Crippen molar-refractivity contribution >= 4 is 12.1 Å². The molecule has 1 atom stereocenters. The van der Waals surface area contributed by atoms with Crippen molar-refractivity contribution in [2.24, 2.45) is 0 Å². The Morgan fingerprint density at radius 3 is 2.25 bits per heavy atom. The van der Waals surface area contributed by atoms with Gasteiger partial charge in [0.15, 0.2) is 0 Å². The maximum atomic E-state index is 12.1. The molecule has 1 aliphatic heterocycles. The van der Waals surface area contributed by atoms with E-state index in [0.29, 0.717) is 6.54 Å². The number of rotatable bonds is 1. The van der Waals surface area contributed by atoms with Gasteiger partial charge < -0.3 is 15.4 Å². The summed E-state index contributed by atoms with van der Waals surface area (Å²) in [7, 11) is 0. The van der Waals surface area contributed by atoms with Crippen LogP contribution in [0.1, 0.15) is 54.4 Å². The average Bonchev–Trinajstić information content (AvgIpc) is 2.59. The molecular formula is C14H27N3O3. The smallest absolute Gasteiger partial charge is 0.411 e. The van der Waals surface area contributed by atoms with E-state index in [2.05, 4.69) is 10.6 Å². The van der Waals surface area contributed by atoms with Crippen LogP contribution in [0.5, 0.6) is 0 Å². The molecule has 1 fully saturated rings. The molecule has 6 nitrogen and oxygen atoms in total. The van der Waals surface area contributed by atoms with E-state index < -0.39 is 5.60 Å². The fraction of sp³-hybridized carbons (Fsp3) is 0.857. The van der Waals surface area contributed by atoms with Crippen molar-refractivity contribution in [1.29, 1.82) is 0 Å². The molecule has 0 bridgehead atoms. The summed E-state index contributed by atoms with van der Waals surface area (Å²) in [5, 5.41) is 5.65. The average molecular weight is 285 g/mol. The van der Waals surface area contributed by atoms with Gasteiger partial charge >= 0.3 is 12.1 Å². The maximum absolute atomic E-state index is 12.1. The quantitative estimate of drug-likeness (QED) is 0.777. The molecule has 1 rings (SSSR count). The van der Waals surface area contributed by atoms with E-state index in [1.165, 1.54) is 0 Å². The number of urea groups is 1. The minimum Gasteiger partial charge on any atom is -0.444 e. The van der Waals surface area contributed by atoms with Gasteiger partial charge in [0, 0.05) is 12.1 Å². The number of hydrogen-bond donors (Lipinski definition) is 2. The first kappa shape index (κ1) is 16.6. The predicted molar refractivity (Wildman–Crippen MR) is 77.4 cm³/mol. The van der Waals surface area contributed by atoms with Crippen LogP contribution in [0.15, 0.2) is 0 Å². The molecule has 6 heteroatoms. The van der Waals surface area contributed by atoms with Crippen molar-refractivity contribution in [1.82, 2.24) is 15.5 Å². The topological polar surface area (TPSA) is 70.7 Å². The molecule has 0 aliphatic carbocycles. The zero-order valence-electron chi connectivity index (χ0n) is 13.4. The van der Waals surface area contributed by atoms with E-state index in [9.17, 15) is 9.59 Å². The van der Waals surface area contributed by atoms with Gasteiger partial charge in [-0.1, -0.05) is 0 Å². The van der Waals surface area contributed by atoms with Crippen molar-refractivity contribution in [2.75, 3.05) is 6.54 Å². The zero-order valence-corrected chi connectivity index (χ0v) is 13.4. The van der Waals surface area contributed by atoms with E-state index in [0.717, 1.165) is 12.8 Å². The van der Waals surface area contributed by atoms with Gasteiger partial charge in [-0.25, -0.2) is 9.59 Å². The van der Waals surface area contributed by atoms with Gasteiger partial charge in [-0.15, -0.1) is 0 Å². The molecule has 2 N–H and O–H groups in total. The lowest BCUT2D eigenvalue weighted by atomic mass is 10.1. The monoisotopic (exact) mass is 285 g/mol. The van der Waals surface area contributed by atoms with Gasteiger partial charge in [-0.3, -0.25) is 4.90 Å². The second kappa shape index (κ2) is 5.89. The Bertz CT molecular complexity index is 369. The number of nitrogens with zero attached hydrogens (tertiary/aromatic N) is 1. The number of carbonyl (C=O) groups is 2. The Labute approximate surface area is 121 Å². The lowest BCUT2D eigenvalue weighted by Gasteiger charge is -2.30. The fourth-order valence-corrected chi connectivity index (χ4v) is 1.98. The molecule has 0 spiro atoms. The first-order valence-electron chi connectivity index (χ1n) is 7.06. The lowest BCUT2D eigenvalue weighted by Crippen LogP contribution is -2.54. The molecule has 0 aromatic rings. The third kappa shape index (κ3) is 5.67. The highest BCUT2D eigenvalue weighted by Crippen LogP contribution is 2.19. The highest BCUT2D eigenvalue weighted by Gasteiger charge is 2.33.